The monoisotopic (exact) mass is 464 g/mol. The van der Waals surface area contributed by atoms with Gasteiger partial charge in [0.1, 0.15) is 5.76 Å². The molecule has 0 saturated carbocycles. The van der Waals surface area contributed by atoms with E-state index < -0.39 is 6.04 Å². The molecule has 0 radical (unpaired) electrons. The minimum Gasteiger partial charge on any atom is -0.504 e. The molecule has 0 saturated heterocycles. The number of aromatic hydroxyl groups is 1. The van der Waals surface area contributed by atoms with E-state index in [-0.39, 0.29) is 11.7 Å². The number of aromatic nitrogens is 1. The average molecular weight is 465 g/mol. The summed E-state index contributed by atoms with van der Waals surface area (Å²) in [5, 5.41) is 20.6. The summed E-state index contributed by atoms with van der Waals surface area (Å²) >= 11 is 5.69. The van der Waals surface area contributed by atoms with Crippen molar-refractivity contribution in [1.82, 2.24) is 10.5 Å². The third-order valence-corrected chi connectivity index (χ3v) is 5.53. The number of rotatable bonds is 6. The van der Waals surface area contributed by atoms with Crippen molar-refractivity contribution in [2.24, 2.45) is 0 Å². The van der Waals surface area contributed by atoms with Crippen LogP contribution >= 0.6 is 12.2 Å². The van der Waals surface area contributed by atoms with E-state index in [9.17, 15) is 9.90 Å². The Bertz CT molecular complexity index is 1220. The number of nitrogens with zero attached hydrogens (tertiary/aromatic N) is 2. The van der Waals surface area contributed by atoms with Gasteiger partial charge in [0.2, 0.25) is 0 Å². The van der Waals surface area contributed by atoms with E-state index in [1.807, 2.05) is 49.1 Å². The molecule has 1 aromatic heterocycles. The molecule has 1 atom stereocenters. The van der Waals surface area contributed by atoms with E-state index in [0.717, 1.165) is 5.69 Å². The highest BCUT2D eigenvalue weighted by atomic mass is 32.1. The molecule has 1 aliphatic heterocycles. The molecule has 2 heterocycles. The molecule has 0 fully saturated rings. The number of aryl methyl sites for hydroxylation is 1. The number of nitrogens with one attached hydrogen (secondary N) is 2. The molecule has 33 heavy (non-hydrogen) atoms. The van der Waals surface area contributed by atoms with Gasteiger partial charge in [-0.3, -0.25) is 9.69 Å². The van der Waals surface area contributed by atoms with E-state index in [0.29, 0.717) is 45.9 Å². The van der Waals surface area contributed by atoms with Gasteiger partial charge in [-0.15, -0.1) is 0 Å². The summed E-state index contributed by atoms with van der Waals surface area (Å²) in [6.07, 6.45) is 0. The number of hydrogen-bond acceptors (Lipinski definition) is 6. The minimum atomic E-state index is -0.578. The molecular weight excluding hydrogens is 440 g/mol. The third kappa shape index (κ3) is 4.54. The Morgan fingerprint density at radius 2 is 2.00 bits per heavy atom. The van der Waals surface area contributed by atoms with Crippen molar-refractivity contribution in [3.8, 4) is 11.5 Å². The van der Waals surface area contributed by atoms with Crippen LogP contribution in [-0.4, -0.2) is 27.9 Å². The Morgan fingerprint density at radius 1 is 1.24 bits per heavy atom. The van der Waals surface area contributed by atoms with Crippen molar-refractivity contribution >= 4 is 34.7 Å². The Balaban J connectivity index is 1.81. The summed E-state index contributed by atoms with van der Waals surface area (Å²) in [4.78, 5) is 15.3. The fourth-order valence-electron chi connectivity index (χ4n) is 3.77. The SMILES string of the molecule is CCOc1cc(C2NC(=S)N(c3ccccc3)C(C)=C2C(=O)Nc2cc(C)on2)ccc1O. The van der Waals surface area contributed by atoms with Crippen molar-refractivity contribution in [3.05, 3.63) is 77.2 Å². The van der Waals surface area contributed by atoms with E-state index in [1.54, 1.807) is 31.2 Å². The van der Waals surface area contributed by atoms with E-state index in [4.69, 9.17) is 21.5 Å². The van der Waals surface area contributed by atoms with Gasteiger partial charge >= 0.3 is 0 Å². The molecule has 8 nitrogen and oxygen atoms in total. The first-order valence-electron chi connectivity index (χ1n) is 10.5. The molecule has 170 valence electrons. The summed E-state index contributed by atoms with van der Waals surface area (Å²) in [6, 6.07) is 15.6. The number of thiocarbonyl (C=S) groups is 1. The fraction of sp³-hybridized carbons (Fsp3) is 0.208. The number of benzene rings is 2. The van der Waals surface area contributed by atoms with Crippen LogP contribution in [0.5, 0.6) is 11.5 Å². The van der Waals surface area contributed by atoms with Crippen LogP contribution in [0.2, 0.25) is 0 Å². The van der Waals surface area contributed by atoms with Crippen LogP contribution in [0.3, 0.4) is 0 Å². The first-order chi connectivity index (χ1) is 15.9. The summed E-state index contributed by atoms with van der Waals surface area (Å²) in [5.41, 5.74) is 2.65. The van der Waals surface area contributed by atoms with Crippen LogP contribution in [-0.2, 0) is 4.79 Å². The van der Waals surface area contributed by atoms with Crippen molar-refractivity contribution < 1.29 is 19.2 Å². The zero-order chi connectivity index (χ0) is 23.5. The van der Waals surface area contributed by atoms with Crippen LogP contribution in [0, 0.1) is 6.92 Å². The fourth-order valence-corrected chi connectivity index (χ4v) is 4.13. The Labute approximate surface area is 196 Å². The normalized spacial score (nSPS) is 15.9. The van der Waals surface area contributed by atoms with Crippen molar-refractivity contribution in [2.75, 3.05) is 16.8 Å². The number of para-hydroxylation sites is 1. The second-order valence-corrected chi connectivity index (χ2v) is 7.88. The number of ether oxygens (including phenoxy) is 1. The lowest BCUT2D eigenvalue weighted by molar-refractivity contribution is -0.113. The molecule has 0 spiro atoms. The van der Waals surface area contributed by atoms with Gasteiger partial charge in [-0.05, 0) is 62.8 Å². The number of phenolic OH excluding ortho intramolecular Hbond substituents is 1. The highest BCUT2D eigenvalue weighted by Crippen LogP contribution is 2.37. The van der Waals surface area contributed by atoms with Gasteiger partial charge in [-0.1, -0.05) is 29.4 Å². The van der Waals surface area contributed by atoms with Crippen LogP contribution in [0.25, 0.3) is 0 Å². The van der Waals surface area contributed by atoms with Crippen LogP contribution in [0.15, 0.2) is 70.4 Å². The zero-order valence-electron chi connectivity index (χ0n) is 18.5. The Kier molecular flexibility index (Phi) is 6.32. The van der Waals surface area contributed by atoms with Gasteiger partial charge in [0.05, 0.1) is 18.2 Å². The third-order valence-electron chi connectivity index (χ3n) is 5.23. The maximum Gasteiger partial charge on any atom is 0.257 e. The first kappa shape index (κ1) is 22.3. The standard InChI is InChI=1S/C24H24N4O4S/c1-4-31-19-13-16(10-11-18(19)29)22-21(23(30)25-20-12-14(2)32-27-20)15(3)28(24(33)26-22)17-8-6-5-7-9-17/h5-13,22,29H,4H2,1-3H3,(H,26,33)(H,25,27,30). The molecule has 1 amide bonds. The second-order valence-electron chi connectivity index (χ2n) is 7.49. The highest BCUT2D eigenvalue weighted by Gasteiger charge is 2.35. The molecule has 1 aliphatic rings. The molecule has 3 N–H and O–H groups in total. The van der Waals surface area contributed by atoms with Gasteiger partial charge in [-0.25, -0.2) is 0 Å². The molecular formula is C24H24N4O4S. The molecule has 1 unspecified atom stereocenters. The predicted octanol–water partition coefficient (Wildman–Crippen LogP) is 4.44. The molecule has 2 aromatic carbocycles. The first-order valence-corrected chi connectivity index (χ1v) is 10.9. The van der Waals surface area contributed by atoms with Gasteiger partial charge in [0, 0.05) is 17.5 Å². The van der Waals surface area contributed by atoms with Gasteiger partial charge in [0.25, 0.3) is 5.91 Å². The smallest absolute Gasteiger partial charge is 0.257 e. The highest BCUT2D eigenvalue weighted by molar-refractivity contribution is 7.80. The van der Waals surface area contributed by atoms with E-state index in [2.05, 4.69) is 15.8 Å². The van der Waals surface area contributed by atoms with E-state index >= 15 is 0 Å². The number of anilines is 2. The van der Waals surface area contributed by atoms with Crippen LogP contribution in [0.1, 0.15) is 31.2 Å². The number of carbonyl (C=O) groups excluding carboxylic acids is 1. The van der Waals surface area contributed by atoms with Gasteiger partial charge in [0.15, 0.2) is 22.4 Å². The Morgan fingerprint density at radius 3 is 2.67 bits per heavy atom. The minimum absolute atomic E-state index is 0.0228. The predicted molar refractivity (Wildman–Crippen MR) is 129 cm³/mol. The topological polar surface area (TPSA) is 99.9 Å². The van der Waals surface area contributed by atoms with Gasteiger partial charge < -0.3 is 25.0 Å². The maximum absolute atomic E-state index is 13.5. The quantitative estimate of drug-likeness (QED) is 0.461. The summed E-state index contributed by atoms with van der Waals surface area (Å²) in [7, 11) is 0. The molecule has 3 aromatic rings. The molecule has 4 rings (SSSR count). The van der Waals surface area contributed by atoms with Crippen molar-refractivity contribution in [3.63, 3.8) is 0 Å². The van der Waals surface area contributed by atoms with Gasteiger partial charge in [-0.2, -0.15) is 0 Å². The number of carbonyl (C=O) groups is 1. The zero-order valence-corrected chi connectivity index (χ0v) is 19.3. The van der Waals surface area contributed by atoms with Crippen LogP contribution < -0.4 is 20.3 Å². The summed E-state index contributed by atoms with van der Waals surface area (Å²) in [6.45, 7) is 5.82. The largest absolute Gasteiger partial charge is 0.504 e. The second kappa shape index (κ2) is 9.33. The molecule has 9 heteroatoms. The lowest BCUT2D eigenvalue weighted by Crippen LogP contribution is -2.48. The Hall–Kier alpha value is -3.85. The molecule has 0 aliphatic carbocycles. The summed E-state index contributed by atoms with van der Waals surface area (Å²) < 4.78 is 10.6. The lowest BCUT2D eigenvalue weighted by Gasteiger charge is -2.38. The molecule has 0 bridgehead atoms. The summed E-state index contributed by atoms with van der Waals surface area (Å²) in [5.74, 6) is 0.901. The van der Waals surface area contributed by atoms with Crippen molar-refractivity contribution in [2.45, 2.75) is 26.8 Å². The number of amides is 1. The number of phenols is 1. The van der Waals surface area contributed by atoms with Crippen molar-refractivity contribution in [1.29, 1.82) is 0 Å². The average Bonchev–Trinajstić information content (AvgIpc) is 3.20. The number of hydrogen-bond donors (Lipinski definition) is 3. The number of allylic oxidation sites excluding steroid dienone is 1. The van der Waals surface area contributed by atoms with E-state index in [1.165, 1.54) is 0 Å². The lowest BCUT2D eigenvalue weighted by atomic mass is 9.93. The maximum atomic E-state index is 13.5. The van der Waals surface area contributed by atoms with Crippen LogP contribution in [0.4, 0.5) is 11.5 Å².